The predicted molar refractivity (Wildman–Crippen MR) is 70.2 cm³/mol. The second-order valence-electron chi connectivity index (χ2n) is 3.95. The molecule has 0 aromatic carbocycles. The highest BCUT2D eigenvalue weighted by Gasteiger charge is 2.18. The van der Waals surface area contributed by atoms with Crippen molar-refractivity contribution in [3.05, 3.63) is 47.1 Å². The summed E-state index contributed by atoms with van der Waals surface area (Å²) < 4.78 is 1.88. The van der Waals surface area contributed by atoms with Gasteiger partial charge in [0, 0.05) is 5.69 Å². The molecule has 18 heavy (non-hydrogen) atoms. The van der Waals surface area contributed by atoms with E-state index in [1.54, 1.807) is 17.4 Å². The molecule has 3 heterocycles. The van der Waals surface area contributed by atoms with Crippen LogP contribution in [0.3, 0.4) is 0 Å². The van der Waals surface area contributed by atoms with Crippen LogP contribution in [0.2, 0.25) is 0 Å². The first-order chi connectivity index (χ1) is 8.68. The lowest BCUT2D eigenvalue weighted by Crippen LogP contribution is -1.97. The molecular formula is C13H10N2O2S. The Morgan fingerprint density at radius 1 is 1.33 bits per heavy atom. The first-order valence-corrected chi connectivity index (χ1v) is 6.31. The van der Waals surface area contributed by atoms with Gasteiger partial charge in [0.1, 0.15) is 0 Å². The van der Waals surface area contributed by atoms with Crippen molar-refractivity contribution in [2.75, 3.05) is 0 Å². The SMILES string of the molecule is Cc1cccc2c(C(=O)O)nc(-c3cccs3)n12. The van der Waals surface area contributed by atoms with E-state index in [-0.39, 0.29) is 5.69 Å². The molecule has 0 saturated heterocycles. The van der Waals surface area contributed by atoms with E-state index in [9.17, 15) is 9.90 Å². The third kappa shape index (κ3) is 1.52. The van der Waals surface area contributed by atoms with Crippen molar-refractivity contribution in [2.45, 2.75) is 6.92 Å². The van der Waals surface area contributed by atoms with Crippen molar-refractivity contribution in [1.82, 2.24) is 9.38 Å². The van der Waals surface area contributed by atoms with E-state index in [2.05, 4.69) is 4.98 Å². The summed E-state index contributed by atoms with van der Waals surface area (Å²) in [4.78, 5) is 16.5. The number of imidazole rings is 1. The maximum Gasteiger partial charge on any atom is 0.356 e. The number of hydrogen-bond acceptors (Lipinski definition) is 3. The highest BCUT2D eigenvalue weighted by Crippen LogP contribution is 2.27. The minimum atomic E-state index is -0.999. The molecule has 0 spiro atoms. The van der Waals surface area contributed by atoms with Gasteiger partial charge in [0.05, 0.1) is 10.4 Å². The van der Waals surface area contributed by atoms with Gasteiger partial charge in [0.2, 0.25) is 0 Å². The first-order valence-electron chi connectivity index (χ1n) is 5.43. The molecule has 3 aromatic rings. The third-order valence-electron chi connectivity index (χ3n) is 2.80. The Morgan fingerprint density at radius 2 is 2.17 bits per heavy atom. The fourth-order valence-electron chi connectivity index (χ4n) is 2.03. The standard InChI is InChI=1S/C13H10N2O2S/c1-8-4-2-5-9-11(13(16)17)14-12(15(8)9)10-6-3-7-18-10/h2-7H,1H3,(H,16,17). The van der Waals surface area contributed by atoms with Gasteiger partial charge in [0.15, 0.2) is 11.5 Å². The molecule has 0 amide bonds. The van der Waals surface area contributed by atoms with E-state index < -0.39 is 5.97 Å². The van der Waals surface area contributed by atoms with Crippen LogP contribution in [0.15, 0.2) is 35.7 Å². The van der Waals surface area contributed by atoms with E-state index in [1.165, 1.54) is 0 Å². The summed E-state index contributed by atoms with van der Waals surface area (Å²) in [6.45, 7) is 1.94. The number of aromatic nitrogens is 2. The molecule has 0 bridgehead atoms. The summed E-state index contributed by atoms with van der Waals surface area (Å²) in [5.74, 6) is -0.309. The number of nitrogens with zero attached hydrogens (tertiary/aromatic N) is 2. The van der Waals surface area contributed by atoms with Crippen LogP contribution in [0.5, 0.6) is 0 Å². The minimum absolute atomic E-state index is 0.0992. The second-order valence-corrected chi connectivity index (χ2v) is 4.90. The van der Waals surface area contributed by atoms with Gasteiger partial charge in [-0.25, -0.2) is 9.78 Å². The average molecular weight is 258 g/mol. The first kappa shape index (κ1) is 11.0. The minimum Gasteiger partial charge on any atom is -0.476 e. The topological polar surface area (TPSA) is 54.6 Å². The predicted octanol–water partition coefficient (Wildman–Crippen LogP) is 3.07. The molecular weight excluding hydrogens is 248 g/mol. The van der Waals surface area contributed by atoms with Gasteiger partial charge in [-0.05, 0) is 30.5 Å². The quantitative estimate of drug-likeness (QED) is 0.768. The van der Waals surface area contributed by atoms with Gasteiger partial charge in [-0.1, -0.05) is 12.1 Å². The Labute approximate surface area is 107 Å². The number of carbonyl (C=O) groups is 1. The highest BCUT2D eigenvalue weighted by molar-refractivity contribution is 7.13. The van der Waals surface area contributed by atoms with Gasteiger partial charge < -0.3 is 5.11 Å². The monoisotopic (exact) mass is 258 g/mol. The number of aryl methyl sites for hydroxylation is 1. The Morgan fingerprint density at radius 3 is 2.83 bits per heavy atom. The zero-order chi connectivity index (χ0) is 12.7. The van der Waals surface area contributed by atoms with Crippen molar-refractivity contribution in [2.24, 2.45) is 0 Å². The summed E-state index contributed by atoms with van der Waals surface area (Å²) in [7, 11) is 0. The number of thiophene rings is 1. The van der Waals surface area contributed by atoms with E-state index >= 15 is 0 Å². The van der Waals surface area contributed by atoms with Crippen LogP contribution in [-0.2, 0) is 0 Å². The molecule has 1 N–H and O–H groups in total. The normalized spacial score (nSPS) is 10.9. The largest absolute Gasteiger partial charge is 0.476 e. The molecule has 0 atom stereocenters. The number of fused-ring (bicyclic) bond motifs is 1. The lowest BCUT2D eigenvalue weighted by atomic mass is 10.3. The lowest BCUT2D eigenvalue weighted by molar-refractivity contribution is 0.0693. The molecule has 4 nitrogen and oxygen atoms in total. The molecule has 0 saturated carbocycles. The Hall–Kier alpha value is -2.14. The van der Waals surface area contributed by atoms with Gasteiger partial charge in [-0.15, -0.1) is 11.3 Å². The van der Waals surface area contributed by atoms with Crippen molar-refractivity contribution in [1.29, 1.82) is 0 Å². The molecule has 90 valence electrons. The summed E-state index contributed by atoms with van der Waals surface area (Å²) in [5.41, 5.74) is 1.70. The van der Waals surface area contributed by atoms with Crippen LogP contribution in [-0.4, -0.2) is 20.5 Å². The van der Waals surface area contributed by atoms with Gasteiger partial charge in [0.25, 0.3) is 0 Å². The third-order valence-corrected chi connectivity index (χ3v) is 3.67. The average Bonchev–Trinajstić information content (AvgIpc) is 2.95. The van der Waals surface area contributed by atoms with Crippen molar-refractivity contribution < 1.29 is 9.90 Å². The molecule has 3 aromatic heterocycles. The highest BCUT2D eigenvalue weighted by atomic mass is 32.1. The molecule has 0 aliphatic carbocycles. The lowest BCUT2D eigenvalue weighted by Gasteiger charge is -2.02. The molecule has 0 fully saturated rings. The number of pyridine rings is 1. The number of carboxylic acid groups (broad SMARTS) is 1. The van der Waals surface area contributed by atoms with Crippen molar-refractivity contribution in [3.8, 4) is 10.7 Å². The Kier molecular flexibility index (Phi) is 2.41. The Balaban J connectivity index is 2.42. The van der Waals surface area contributed by atoms with Crippen LogP contribution in [0.4, 0.5) is 0 Å². The van der Waals surface area contributed by atoms with E-state index in [4.69, 9.17) is 0 Å². The number of carboxylic acids is 1. The summed E-state index contributed by atoms with van der Waals surface area (Å²) in [6, 6.07) is 9.44. The maximum absolute atomic E-state index is 11.2. The van der Waals surface area contributed by atoms with Gasteiger partial charge in [-0.2, -0.15) is 0 Å². The van der Waals surface area contributed by atoms with E-state index in [1.807, 2.05) is 41.0 Å². The molecule has 0 aliphatic rings. The van der Waals surface area contributed by atoms with Crippen LogP contribution in [0, 0.1) is 6.92 Å². The Bertz CT molecular complexity index is 729. The molecule has 0 aliphatic heterocycles. The molecule has 0 radical (unpaired) electrons. The summed E-state index contributed by atoms with van der Waals surface area (Å²) >= 11 is 1.55. The van der Waals surface area contributed by atoms with E-state index in [0.29, 0.717) is 11.3 Å². The number of aromatic carboxylic acids is 1. The van der Waals surface area contributed by atoms with Crippen LogP contribution < -0.4 is 0 Å². The zero-order valence-corrected chi connectivity index (χ0v) is 10.4. The molecule has 5 heteroatoms. The summed E-state index contributed by atoms with van der Waals surface area (Å²) in [5, 5.41) is 11.2. The van der Waals surface area contributed by atoms with Crippen LogP contribution in [0.25, 0.3) is 16.2 Å². The fraction of sp³-hybridized carbons (Fsp3) is 0.0769. The number of hydrogen-bond donors (Lipinski definition) is 1. The van der Waals surface area contributed by atoms with Crippen LogP contribution in [0.1, 0.15) is 16.2 Å². The van der Waals surface area contributed by atoms with Crippen molar-refractivity contribution >= 4 is 22.8 Å². The van der Waals surface area contributed by atoms with Crippen molar-refractivity contribution in [3.63, 3.8) is 0 Å². The smallest absolute Gasteiger partial charge is 0.356 e. The second kappa shape index (κ2) is 3.96. The van der Waals surface area contributed by atoms with Gasteiger partial charge in [-0.3, -0.25) is 4.40 Å². The molecule has 0 unspecified atom stereocenters. The van der Waals surface area contributed by atoms with Gasteiger partial charge >= 0.3 is 5.97 Å². The molecule has 3 rings (SSSR count). The van der Waals surface area contributed by atoms with E-state index in [0.717, 1.165) is 10.6 Å². The number of rotatable bonds is 2. The zero-order valence-electron chi connectivity index (χ0n) is 9.62. The van der Waals surface area contributed by atoms with Crippen LogP contribution >= 0.6 is 11.3 Å². The maximum atomic E-state index is 11.2. The fourth-order valence-corrected chi connectivity index (χ4v) is 2.73. The summed E-state index contributed by atoms with van der Waals surface area (Å²) in [6.07, 6.45) is 0.